The summed E-state index contributed by atoms with van der Waals surface area (Å²) >= 11 is 0. The minimum atomic E-state index is -0.851. The second-order valence-electron chi connectivity index (χ2n) is 3.87. The third-order valence-electron chi connectivity index (χ3n) is 2.44. The number of carbonyl (C=O) groups excluding carboxylic acids is 1. The first kappa shape index (κ1) is 13.9. The number of aromatic nitrogens is 2. The zero-order chi connectivity index (χ0) is 14.5. The maximum absolute atomic E-state index is 13.4. The molecular formula is C13H12F2N4O. The number of halogens is 2. The largest absolute Gasteiger partial charge is 0.369 e. The van der Waals surface area contributed by atoms with E-state index in [1.165, 1.54) is 18.5 Å². The first-order chi connectivity index (χ1) is 9.61. The Kier molecular flexibility index (Phi) is 4.19. The van der Waals surface area contributed by atoms with Crippen molar-refractivity contribution < 1.29 is 13.6 Å². The van der Waals surface area contributed by atoms with Crippen molar-refractivity contribution in [3.8, 4) is 0 Å². The molecule has 1 heterocycles. The van der Waals surface area contributed by atoms with Crippen molar-refractivity contribution in [1.82, 2.24) is 9.97 Å². The highest BCUT2D eigenvalue weighted by atomic mass is 19.1. The lowest BCUT2D eigenvalue weighted by Gasteiger charge is -2.07. The van der Waals surface area contributed by atoms with Gasteiger partial charge in [-0.3, -0.25) is 4.79 Å². The van der Waals surface area contributed by atoms with Crippen LogP contribution >= 0.6 is 0 Å². The van der Waals surface area contributed by atoms with Gasteiger partial charge in [-0.15, -0.1) is 0 Å². The summed E-state index contributed by atoms with van der Waals surface area (Å²) in [6.07, 6.45) is 2.60. The van der Waals surface area contributed by atoms with Crippen LogP contribution in [0.1, 0.15) is 17.4 Å². The summed E-state index contributed by atoms with van der Waals surface area (Å²) in [6, 6.07) is 3.32. The summed E-state index contributed by atoms with van der Waals surface area (Å²) in [7, 11) is 0. The lowest BCUT2D eigenvalue weighted by molar-refractivity contribution is 0.102. The zero-order valence-electron chi connectivity index (χ0n) is 10.7. The molecule has 5 nitrogen and oxygen atoms in total. The summed E-state index contributed by atoms with van der Waals surface area (Å²) in [4.78, 5) is 19.6. The van der Waals surface area contributed by atoms with Gasteiger partial charge in [0, 0.05) is 6.54 Å². The van der Waals surface area contributed by atoms with Crippen LogP contribution in [0.5, 0.6) is 0 Å². The number of nitrogens with zero attached hydrogens (tertiary/aromatic N) is 2. The number of anilines is 2. The predicted molar refractivity (Wildman–Crippen MR) is 70.5 cm³/mol. The Morgan fingerprint density at radius 3 is 2.45 bits per heavy atom. The predicted octanol–water partition coefficient (Wildman–Crippen LogP) is 2.44. The minimum absolute atomic E-state index is 0.0330. The Balaban J connectivity index is 2.16. The fraction of sp³-hybridized carbons (Fsp3) is 0.154. The summed E-state index contributed by atoms with van der Waals surface area (Å²) in [5, 5.41) is 5.05. The number of para-hydroxylation sites is 1. The van der Waals surface area contributed by atoms with E-state index in [1.54, 1.807) is 0 Å². The highest BCUT2D eigenvalue weighted by Crippen LogP contribution is 2.18. The molecule has 0 fully saturated rings. The third kappa shape index (κ3) is 3.05. The van der Waals surface area contributed by atoms with Gasteiger partial charge in [0.15, 0.2) is 0 Å². The second kappa shape index (κ2) is 6.05. The molecule has 7 heteroatoms. The van der Waals surface area contributed by atoms with E-state index in [1.807, 2.05) is 6.92 Å². The van der Waals surface area contributed by atoms with Crippen LogP contribution in [0.3, 0.4) is 0 Å². The van der Waals surface area contributed by atoms with Gasteiger partial charge in [0.1, 0.15) is 28.8 Å². The molecule has 0 aliphatic rings. The van der Waals surface area contributed by atoms with Crippen molar-refractivity contribution in [2.75, 3.05) is 17.2 Å². The summed E-state index contributed by atoms with van der Waals surface area (Å²) in [5.74, 6) is -1.92. The molecule has 2 N–H and O–H groups in total. The molecule has 20 heavy (non-hydrogen) atoms. The van der Waals surface area contributed by atoms with Gasteiger partial charge >= 0.3 is 0 Å². The Morgan fingerprint density at radius 2 is 1.90 bits per heavy atom. The fourth-order valence-corrected chi connectivity index (χ4v) is 1.51. The van der Waals surface area contributed by atoms with Gasteiger partial charge in [-0.05, 0) is 19.1 Å². The quantitative estimate of drug-likeness (QED) is 0.901. The first-order valence-corrected chi connectivity index (χ1v) is 5.93. The normalized spacial score (nSPS) is 10.2. The minimum Gasteiger partial charge on any atom is -0.369 e. The number of carbonyl (C=O) groups is 1. The van der Waals surface area contributed by atoms with Gasteiger partial charge in [0.25, 0.3) is 5.91 Å². The van der Waals surface area contributed by atoms with E-state index in [9.17, 15) is 13.6 Å². The van der Waals surface area contributed by atoms with Crippen LogP contribution < -0.4 is 10.6 Å². The fourth-order valence-electron chi connectivity index (χ4n) is 1.51. The maximum Gasteiger partial charge on any atom is 0.276 e. The van der Waals surface area contributed by atoms with Crippen LogP contribution in [0.15, 0.2) is 30.6 Å². The van der Waals surface area contributed by atoms with Crippen LogP contribution in [0.25, 0.3) is 0 Å². The molecule has 0 aliphatic carbocycles. The number of amides is 1. The highest BCUT2D eigenvalue weighted by Gasteiger charge is 2.14. The number of hydrogen-bond donors (Lipinski definition) is 2. The molecule has 1 aromatic carbocycles. The van der Waals surface area contributed by atoms with Gasteiger partial charge in [0.2, 0.25) is 0 Å². The molecule has 0 radical (unpaired) electrons. The SMILES string of the molecule is CCNc1cnc(C(=O)Nc2c(F)cccc2F)cn1. The van der Waals surface area contributed by atoms with E-state index in [0.29, 0.717) is 12.4 Å². The Morgan fingerprint density at radius 1 is 1.20 bits per heavy atom. The molecule has 104 valence electrons. The molecule has 1 aromatic heterocycles. The molecule has 1 amide bonds. The molecule has 0 unspecified atom stereocenters. The monoisotopic (exact) mass is 278 g/mol. The molecule has 0 atom stereocenters. The van der Waals surface area contributed by atoms with Crippen molar-refractivity contribution in [2.45, 2.75) is 6.92 Å². The lowest BCUT2D eigenvalue weighted by atomic mass is 10.3. The number of nitrogens with one attached hydrogen (secondary N) is 2. The van der Waals surface area contributed by atoms with E-state index >= 15 is 0 Å². The first-order valence-electron chi connectivity index (χ1n) is 5.93. The van der Waals surface area contributed by atoms with E-state index in [0.717, 1.165) is 12.1 Å². The molecule has 0 spiro atoms. The van der Waals surface area contributed by atoms with Gasteiger partial charge in [0.05, 0.1) is 12.4 Å². The highest BCUT2D eigenvalue weighted by molar-refractivity contribution is 6.02. The molecule has 0 bridgehead atoms. The van der Waals surface area contributed by atoms with E-state index in [2.05, 4.69) is 20.6 Å². The van der Waals surface area contributed by atoms with Crippen molar-refractivity contribution >= 4 is 17.4 Å². The molecule has 2 aromatic rings. The summed E-state index contributed by atoms with van der Waals surface area (Å²) in [6.45, 7) is 2.56. The Labute approximate surface area is 114 Å². The van der Waals surface area contributed by atoms with Crippen LogP contribution in [0.2, 0.25) is 0 Å². The zero-order valence-corrected chi connectivity index (χ0v) is 10.7. The smallest absolute Gasteiger partial charge is 0.276 e. The standard InChI is InChI=1S/C13H12F2N4O/c1-2-16-11-7-17-10(6-18-11)13(20)19-12-8(14)4-3-5-9(12)15/h3-7H,2H2,1H3,(H,16,18)(H,19,20). The summed E-state index contributed by atoms with van der Waals surface area (Å²) < 4.78 is 26.8. The number of hydrogen-bond acceptors (Lipinski definition) is 4. The van der Waals surface area contributed by atoms with Gasteiger partial charge < -0.3 is 10.6 Å². The molecule has 2 rings (SSSR count). The maximum atomic E-state index is 13.4. The molecule has 0 saturated carbocycles. The van der Waals surface area contributed by atoms with Gasteiger partial charge in [-0.2, -0.15) is 0 Å². The van der Waals surface area contributed by atoms with Crippen LogP contribution in [0.4, 0.5) is 20.3 Å². The molecule has 0 aliphatic heterocycles. The molecular weight excluding hydrogens is 266 g/mol. The van der Waals surface area contributed by atoms with Crippen molar-refractivity contribution in [2.24, 2.45) is 0 Å². The van der Waals surface area contributed by atoms with E-state index < -0.39 is 23.2 Å². The van der Waals surface area contributed by atoms with E-state index in [4.69, 9.17) is 0 Å². The van der Waals surface area contributed by atoms with E-state index in [-0.39, 0.29) is 5.69 Å². The summed E-state index contributed by atoms with van der Waals surface area (Å²) in [5.41, 5.74) is -0.538. The average molecular weight is 278 g/mol. The molecule has 0 saturated heterocycles. The lowest BCUT2D eigenvalue weighted by Crippen LogP contribution is -2.16. The van der Waals surface area contributed by atoms with Crippen LogP contribution in [-0.4, -0.2) is 22.4 Å². The third-order valence-corrected chi connectivity index (χ3v) is 2.44. The second-order valence-corrected chi connectivity index (χ2v) is 3.87. The topological polar surface area (TPSA) is 66.9 Å². The van der Waals surface area contributed by atoms with Crippen molar-refractivity contribution in [3.05, 3.63) is 47.9 Å². The Hall–Kier alpha value is -2.57. The van der Waals surface area contributed by atoms with Gasteiger partial charge in [-0.25, -0.2) is 18.7 Å². The number of benzene rings is 1. The number of rotatable bonds is 4. The average Bonchev–Trinajstić information content (AvgIpc) is 2.44. The van der Waals surface area contributed by atoms with Crippen LogP contribution in [-0.2, 0) is 0 Å². The van der Waals surface area contributed by atoms with Gasteiger partial charge in [-0.1, -0.05) is 6.07 Å². The van der Waals surface area contributed by atoms with Crippen molar-refractivity contribution in [1.29, 1.82) is 0 Å². The van der Waals surface area contributed by atoms with Crippen LogP contribution in [0, 0.1) is 11.6 Å². The Bertz CT molecular complexity index is 596. The van der Waals surface area contributed by atoms with Crippen molar-refractivity contribution in [3.63, 3.8) is 0 Å².